The number of aromatic nitrogens is 2. The van der Waals surface area contributed by atoms with Gasteiger partial charge in [-0.2, -0.15) is 5.10 Å². The number of ether oxygens (including phenoxy) is 5. The van der Waals surface area contributed by atoms with Crippen molar-refractivity contribution >= 4 is 5.91 Å². The topological polar surface area (TPSA) is 105 Å². The number of carbonyl (C=O) groups excluding carboxylic acids is 1. The van der Waals surface area contributed by atoms with Gasteiger partial charge in [0.1, 0.15) is 0 Å². The van der Waals surface area contributed by atoms with E-state index < -0.39 is 0 Å². The maximum atomic E-state index is 12.4. The number of benzene rings is 1. The summed E-state index contributed by atoms with van der Waals surface area (Å²) in [4.78, 5) is 12.4. The first-order valence-corrected chi connectivity index (χ1v) is 13.5. The van der Waals surface area contributed by atoms with E-state index in [0.717, 1.165) is 12.1 Å². The van der Waals surface area contributed by atoms with Gasteiger partial charge in [-0.25, -0.2) is 0 Å². The molecule has 0 saturated heterocycles. The highest BCUT2D eigenvalue weighted by molar-refractivity contribution is 5.94. The molecule has 0 radical (unpaired) electrons. The molecule has 1 heterocycles. The van der Waals surface area contributed by atoms with E-state index in [1.165, 1.54) is 5.56 Å². The molecule has 0 spiro atoms. The zero-order valence-electron chi connectivity index (χ0n) is 23.4. The predicted molar refractivity (Wildman–Crippen MR) is 147 cm³/mol. The zero-order chi connectivity index (χ0) is 27.4. The lowest BCUT2D eigenvalue weighted by molar-refractivity contribution is -0.0104. The minimum absolute atomic E-state index is 0.0968. The summed E-state index contributed by atoms with van der Waals surface area (Å²) in [6.07, 6.45) is 3.99. The van der Waals surface area contributed by atoms with E-state index in [2.05, 4.69) is 42.7 Å². The van der Waals surface area contributed by atoms with Gasteiger partial charge in [0.15, 0.2) is 0 Å². The molecule has 0 aliphatic rings. The van der Waals surface area contributed by atoms with Crippen LogP contribution in [0.25, 0.3) is 0 Å². The van der Waals surface area contributed by atoms with Crippen LogP contribution < -0.4 is 10.6 Å². The number of likely N-dealkylation sites (N-methyl/N-ethyl adjacent to an activating group) is 1. The van der Waals surface area contributed by atoms with Gasteiger partial charge in [-0.3, -0.25) is 9.48 Å². The second kappa shape index (κ2) is 19.7. The summed E-state index contributed by atoms with van der Waals surface area (Å²) in [6.45, 7) is 13.0. The van der Waals surface area contributed by atoms with E-state index in [4.69, 9.17) is 23.7 Å². The number of carbonyl (C=O) groups is 1. The van der Waals surface area contributed by atoms with Gasteiger partial charge in [0.25, 0.3) is 5.91 Å². The molecule has 1 aromatic carbocycles. The molecule has 38 heavy (non-hydrogen) atoms. The van der Waals surface area contributed by atoms with Crippen molar-refractivity contribution in [1.82, 2.24) is 20.4 Å². The Morgan fingerprint density at radius 1 is 0.763 bits per heavy atom. The summed E-state index contributed by atoms with van der Waals surface area (Å²) in [6, 6.07) is 7.74. The predicted octanol–water partition coefficient (Wildman–Crippen LogP) is 2.65. The van der Waals surface area contributed by atoms with E-state index in [-0.39, 0.29) is 11.9 Å². The Kier molecular flexibility index (Phi) is 16.5. The normalized spacial score (nSPS) is 12.2. The van der Waals surface area contributed by atoms with Crippen LogP contribution in [0.15, 0.2) is 36.7 Å². The van der Waals surface area contributed by atoms with Crippen LogP contribution >= 0.6 is 0 Å². The largest absolute Gasteiger partial charge is 0.378 e. The standard InChI is InChI=1S/C28H46N4O6/c1-23(2)27-21-31-32(22-27)24(3)25-5-7-26(8-6-25)28(33)30-10-12-35-14-16-37-18-20-38-19-17-36-15-13-34-11-9-29-4/h5-8,21-24,29H,9-20H2,1-4H3,(H,30,33). The summed E-state index contributed by atoms with van der Waals surface area (Å²) in [5.74, 6) is 0.325. The van der Waals surface area contributed by atoms with Crippen LogP contribution in [0.3, 0.4) is 0 Å². The van der Waals surface area contributed by atoms with Gasteiger partial charge < -0.3 is 34.3 Å². The Morgan fingerprint density at radius 2 is 1.26 bits per heavy atom. The first-order chi connectivity index (χ1) is 18.5. The molecule has 0 saturated carbocycles. The quantitative estimate of drug-likeness (QED) is 0.222. The Balaban J connectivity index is 1.44. The van der Waals surface area contributed by atoms with Crippen LogP contribution in [0, 0.1) is 0 Å². The Hall–Kier alpha value is -2.34. The lowest BCUT2D eigenvalue weighted by atomic mass is 10.1. The second-order valence-corrected chi connectivity index (χ2v) is 9.13. The Bertz CT molecular complexity index is 874. The van der Waals surface area contributed by atoms with Gasteiger partial charge in [-0.15, -0.1) is 0 Å². The van der Waals surface area contributed by atoms with Gasteiger partial charge in [0.2, 0.25) is 0 Å². The maximum Gasteiger partial charge on any atom is 0.251 e. The molecular formula is C28H46N4O6. The van der Waals surface area contributed by atoms with E-state index in [9.17, 15) is 4.79 Å². The third kappa shape index (κ3) is 12.9. The lowest BCUT2D eigenvalue weighted by Crippen LogP contribution is -2.27. The second-order valence-electron chi connectivity index (χ2n) is 9.13. The summed E-state index contributed by atoms with van der Waals surface area (Å²) in [5.41, 5.74) is 2.94. The number of rotatable bonds is 22. The Labute approximate surface area is 227 Å². The van der Waals surface area contributed by atoms with Crippen LogP contribution in [0.4, 0.5) is 0 Å². The molecule has 2 N–H and O–H groups in total. The van der Waals surface area contributed by atoms with Crippen molar-refractivity contribution in [2.75, 3.05) is 86.2 Å². The van der Waals surface area contributed by atoms with E-state index in [1.807, 2.05) is 42.2 Å². The smallest absolute Gasteiger partial charge is 0.251 e. The SMILES string of the molecule is CNCCOCCOCCOCCOCCOCCNC(=O)c1ccc(C(C)n2cc(C(C)C)cn2)cc1. The third-order valence-corrected chi connectivity index (χ3v) is 5.86. The fourth-order valence-electron chi connectivity index (χ4n) is 3.42. The van der Waals surface area contributed by atoms with Gasteiger partial charge in [-0.05, 0) is 43.1 Å². The maximum absolute atomic E-state index is 12.4. The van der Waals surface area contributed by atoms with Crippen molar-refractivity contribution in [2.45, 2.75) is 32.7 Å². The number of hydrogen-bond donors (Lipinski definition) is 2. The first-order valence-electron chi connectivity index (χ1n) is 13.5. The van der Waals surface area contributed by atoms with Crippen LogP contribution in [0.1, 0.15) is 54.2 Å². The van der Waals surface area contributed by atoms with Gasteiger partial charge in [0.05, 0.1) is 78.3 Å². The molecule has 214 valence electrons. The minimum atomic E-state index is -0.118. The molecule has 1 atom stereocenters. The summed E-state index contributed by atoms with van der Waals surface area (Å²) in [5, 5.41) is 10.4. The fourth-order valence-corrected chi connectivity index (χ4v) is 3.42. The monoisotopic (exact) mass is 534 g/mol. The number of nitrogens with zero attached hydrogens (tertiary/aromatic N) is 2. The molecule has 2 rings (SSSR count). The van der Waals surface area contributed by atoms with Crippen molar-refractivity contribution < 1.29 is 28.5 Å². The molecule has 1 unspecified atom stereocenters. The van der Waals surface area contributed by atoms with Crippen molar-refractivity contribution in [1.29, 1.82) is 0 Å². The summed E-state index contributed by atoms with van der Waals surface area (Å²) in [7, 11) is 1.89. The lowest BCUT2D eigenvalue weighted by Gasteiger charge is -2.13. The molecular weight excluding hydrogens is 488 g/mol. The molecule has 0 aliphatic carbocycles. The summed E-state index contributed by atoms with van der Waals surface area (Å²) < 4.78 is 29.2. The summed E-state index contributed by atoms with van der Waals surface area (Å²) >= 11 is 0. The highest BCUT2D eigenvalue weighted by atomic mass is 16.6. The molecule has 0 fully saturated rings. The van der Waals surface area contributed by atoms with E-state index in [1.54, 1.807) is 0 Å². The molecule has 1 aromatic heterocycles. The van der Waals surface area contributed by atoms with Crippen LogP contribution in [-0.2, 0) is 23.7 Å². The van der Waals surface area contributed by atoms with Gasteiger partial charge in [0, 0.05) is 24.8 Å². The van der Waals surface area contributed by atoms with Crippen LogP contribution in [-0.4, -0.2) is 102 Å². The highest BCUT2D eigenvalue weighted by Crippen LogP contribution is 2.20. The average Bonchev–Trinajstić information content (AvgIpc) is 3.43. The van der Waals surface area contributed by atoms with Gasteiger partial charge in [-0.1, -0.05) is 26.0 Å². The van der Waals surface area contributed by atoms with Crippen molar-refractivity contribution in [3.63, 3.8) is 0 Å². The molecule has 0 bridgehead atoms. The fraction of sp³-hybridized carbons (Fsp3) is 0.643. The number of amides is 1. The number of hydrogen-bond acceptors (Lipinski definition) is 8. The highest BCUT2D eigenvalue weighted by Gasteiger charge is 2.12. The minimum Gasteiger partial charge on any atom is -0.378 e. The van der Waals surface area contributed by atoms with Gasteiger partial charge >= 0.3 is 0 Å². The average molecular weight is 535 g/mol. The molecule has 0 aliphatic heterocycles. The molecule has 10 heteroatoms. The van der Waals surface area contributed by atoms with Crippen molar-refractivity contribution in [3.8, 4) is 0 Å². The first kappa shape index (κ1) is 31.9. The van der Waals surface area contributed by atoms with Crippen LogP contribution in [0.2, 0.25) is 0 Å². The molecule has 10 nitrogen and oxygen atoms in total. The zero-order valence-corrected chi connectivity index (χ0v) is 23.4. The van der Waals surface area contributed by atoms with Crippen LogP contribution in [0.5, 0.6) is 0 Å². The molecule has 1 amide bonds. The number of nitrogens with one attached hydrogen (secondary N) is 2. The van der Waals surface area contributed by atoms with Crippen molar-refractivity contribution in [3.05, 3.63) is 53.3 Å². The molecule has 2 aromatic rings. The van der Waals surface area contributed by atoms with E-state index in [0.29, 0.717) is 84.1 Å². The van der Waals surface area contributed by atoms with E-state index >= 15 is 0 Å². The third-order valence-electron chi connectivity index (χ3n) is 5.86. The van der Waals surface area contributed by atoms with Crippen molar-refractivity contribution in [2.24, 2.45) is 0 Å². The Morgan fingerprint density at radius 3 is 1.74 bits per heavy atom.